The van der Waals surface area contributed by atoms with E-state index >= 15 is 0 Å². The maximum Gasteiger partial charge on any atom is 0.0945 e. The number of hydrogen-bond donors (Lipinski definition) is 2. The second-order valence-corrected chi connectivity index (χ2v) is 5.69. The number of aryl methyl sites for hydroxylation is 3. The molecule has 0 bridgehead atoms. The van der Waals surface area contributed by atoms with Gasteiger partial charge < -0.3 is 15.0 Å². The predicted molar refractivity (Wildman–Crippen MR) is 85.2 cm³/mol. The van der Waals surface area contributed by atoms with E-state index in [-0.39, 0.29) is 6.04 Å². The molecule has 0 radical (unpaired) electrons. The summed E-state index contributed by atoms with van der Waals surface area (Å²) in [7, 11) is 0. The molecule has 1 aromatic heterocycles. The summed E-state index contributed by atoms with van der Waals surface area (Å²) >= 11 is 0. The van der Waals surface area contributed by atoms with Gasteiger partial charge in [0, 0.05) is 25.0 Å². The molecule has 0 aliphatic heterocycles. The maximum absolute atomic E-state index is 10.4. The highest BCUT2D eigenvalue weighted by molar-refractivity contribution is 5.31. The number of nitrogens with one attached hydrogen (secondary N) is 1. The Morgan fingerprint density at radius 2 is 2.10 bits per heavy atom. The van der Waals surface area contributed by atoms with Gasteiger partial charge in [-0.3, -0.25) is 0 Å². The number of benzene rings is 1. The van der Waals surface area contributed by atoms with Crippen LogP contribution in [0.5, 0.6) is 0 Å². The third kappa shape index (κ3) is 4.41. The second kappa shape index (κ2) is 7.38. The molecule has 2 N–H and O–H groups in total. The van der Waals surface area contributed by atoms with Crippen LogP contribution in [-0.4, -0.2) is 27.2 Å². The molecule has 2 rings (SSSR count). The van der Waals surface area contributed by atoms with Crippen LogP contribution >= 0.6 is 0 Å². The molecule has 0 saturated carbocycles. The number of aliphatic hydroxyl groups is 1. The summed E-state index contributed by atoms with van der Waals surface area (Å²) < 4.78 is 2.06. The van der Waals surface area contributed by atoms with E-state index in [1.165, 1.54) is 11.1 Å². The van der Waals surface area contributed by atoms with Gasteiger partial charge in [-0.1, -0.05) is 18.2 Å². The topological polar surface area (TPSA) is 50.1 Å². The highest BCUT2D eigenvalue weighted by Crippen LogP contribution is 2.19. The van der Waals surface area contributed by atoms with Crippen molar-refractivity contribution in [3.8, 4) is 0 Å². The van der Waals surface area contributed by atoms with Crippen LogP contribution in [0.15, 0.2) is 36.9 Å². The van der Waals surface area contributed by atoms with Crippen LogP contribution in [0, 0.1) is 13.8 Å². The first kappa shape index (κ1) is 15.7. The molecule has 0 fully saturated rings. The zero-order valence-corrected chi connectivity index (χ0v) is 13.1. The molecule has 114 valence electrons. The Labute approximate surface area is 126 Å². The van der Waals surface area contributed by atoms with Crippen LogP contribution in [0.3, 0.4) is 0 Å². The lowest BCUT2D eigenvalue weighted by Gasteiger charge is -2.21. The number of aliphatic hydroxyl groups excluding tert-OH is 1. The monoisotopic (exact) mass is 287 g/mol. The normalized spacial score (nSPS) is 14.1. The Kier molecular flexibility index (Phi) is 5.53. The van der Waals surface area contributed by atoms with Crippen molar-refractivity contribution in [2.75, 3.05) is 6.54 Å². The van der Waals surface area contributed by atoms with Crippen LogP contribution < -0.4 is 5.32 Å². The van der Waals surface area contributed by atoms with E-state index in [1.807, 2.05) is 25.5 Å². The molecule has 0 aliphatic rings. The smallest absolute Gasteiger partial charge is 0.0945 e. The standard InChI is InChI=1S/C17H25N3O/c1-13-5-6-16(11-14(13)2)17(21)15(3)19-7-4-9-20-10-8-18-12-20/h5-6,8,10-12,15,17,19,21H,4,7,9H2,1-3H3. The third-order valence-electron chi connectivity index (χ3n) is 3.96. The van der Waals surface area contributed by atoms with Crippen molar-refractivity contribution < 1.29 is 5.11 Å². The van der Waals surface area contributed by atoms with E-state index in [0.29, 0.717) is 0 Å². The molecule has 21 heavy (non-hydrogen) atoms. The Bertz CT molecular complexity index is 551. The van der Waals surface area contributed by atoms with Crippen molar-refractivity contribution in [1.29, 1.82) is 0 Å². The minimum Gasteiger partial charge on any atom is -0.387 e. The summed E-state index contributed by atoms with van der Waals surface area (Å²) in [6.07, 6.45) is 6.12. The molecule has 0 saturated heterocycles. The van der Waals surface area contributed by atoms with Gasteiger partial charge in [0.15, 0.2) is 0 Å². The summed E-state index contributed by atoms with van der Waals surface area (Å²) in [6.45, 7) is 8.01. The number of rotatable bonds is 7. The molecule has 2 unspecified atom stereocenters. The van der Waals surface area contributed by atoms with Gasteiger partial charge in [0.25, 0.3) is 0 Å². The molecule has 0 aliphatic carbocycles. The van der Waals surface area contributed by atoms with Crippen molar-refractivity contribution in [3.63, 3.8) is 0 Å². The minimum atomic E-state index is -0.474. The zero-order chi connectivity index (χ0) is 15.2. The average Bonchev–Trinajstić information content (AvgIpc) is 2.98. The van der Waals surface area contributed by atoms with E-state index in [2.05, 4.69) is 40.8 Å². The van der Waals surface area contributed by atoms with E-state index in [1.54, 1.807) is 6.20 Å². The molecular weight excluding hydrogens is 262 g/mol. The van der Waals surface area contributed by atoms with Gasteiger partial charge in [0.2, 0.25) is 0 Å². The van der Waals surface area contributed by atoms with Crippen LogP contribution in [-0.2, 0) is 6.54 Å². The van der Waals surface area contributed by atoms with Crippen LogP contribution in [0.4, 0.5) is 0 Å². The molecule has 0 amide bonds. The third-order valence-corrected chi connectivity index (χ3v) is 3.96. The first-order valence-corrected chi connectivity index (χ1v) is 7.52. The Morgan fingerprint density at radius 3 is 2.76 bits per heavy atom. The lowest BCUT2D eigenvalue weighted by molar-refractivity contribution is 0.136. The van der Waals surface area contributed by atoms with E-state index in [0.717, 1.165) is 25.1 Å². The maximum atomic E-state index is 10.4. The van der Waals surface area contributed by atoms with Gasteiger partial charge in [0.05, 0.1) is 12.4 Å². The lowest BCUT2D eigenvalue weighted by atomic mass is 9.99. The van der Waals surface area contributed by atoms with E-state index in [9.17, 15) is 5.11 Å². The lowest BCUT2D eigenvalue weighted by Crippen LogP contribution is -2.33. The van der Waals surface area contributed by atoms with Crippen LogP contribution in [0.2, 0.25) is 0 Å². The summed E-state index contributed by atoms with van der Waals surface area (Å²) in [5.41, 5.74) is 3.46. The van der Waals surface area contributed by atoms with Gasteiger partial charge in [0.1, 0.15) is 0 Å². The predicted octanol–water partition coefficient (Wildman–Crippen LogP) is 2.60. The average molecular weight is 287 g/mol. The SMILES string of the molecule is Cc1ccc(C(O)C(C)NCCCn2ccnc2)cc1C. The Hall–Kier alpha value is -1.65. The first-order chi connectivity index (χ1) is 10.1. The quantitative estimate of drug-likeness (QED) is 0.770. The highest BCUT2D eigenvalue weighted by atomic mass is 16.3. The molecule has 4 nitrogen and oxygen atoms in total. The van der Waals surface area contributed by atoms with Gasteiger partial charge in [-0.05, 0) is 50.4 Å². The molecule has 0 spiro atoms. The fourth-order valence-electron chi connectivity index (χ4n) is 2.36. The van der Waals surface area contributed by atoms with E-state index in [4.69, 9.17) is 0 Å². The molecule has 2 aromatic rings. The van der Waals surface area contributed by atoms with Gasteiger partial charge in [-0.25, -0.2) is 4.98 Å². The van der Waals surface area contributed by atoms with Crippen molar-refractivity contribution in [2.45, 2.75) is 45.9 Å². The molecule has 1 aromatic carbocycles. The number of aromatic nitrogens is 2. The summed E-state index contributed by atoms with van der Waals surface area (Å²) in [5, 5.41) is 13.8. The number of nitrogens with zero attached hydrogens (tertiary/aromatic N) is 2. The van der Waals surface area contributed by atoms with Crippen molar-refractivity contribution in [3.05, 3.63) is 53.6 Å². The summed E-state index contributed by atoms with van der Waals surface area (Å²) in [6, 6.07) is 6.19. The van der Waals surface area contributed by atoms with Gasteiger partial charge in [-0.2, -0.15) is 0 Å². The zero-order valence-electron chi connectivity index (χ0n) is 13.1. The van der Waals surface area contributed by atoms with E-state index < -0.39 is 6.10 Å². The fraction of sp³-hybridized carbons (Fsp3) is 0.471. The molecule has 4 heteroatoms. The summed E-state index contributed by atoms with van der Waals surface area (Å²) in [4.78, 5) is 4.02. The molecule has 2 atom stereocenters. The Morgan fingerprint density at radius 1 is 1.29 bits per heavy atom. The fourth-order valence-corrected chi connectivity index (χ4v) is 2.36. The van der Waals surface area contributed by atoms with Crippen molar-refractivity contribution in [2.24, 2.45) is 0 Å². The minimum absolute atomic E-state index is 0.0369. The van der Waals surface area contributed by atoms with Gasteiger partial charge in [-0.15, -0.1) is 0 Å². The van der Waals surface area contributed by atoms with Crippen molar-refractivity contribution in [1.82, 2.24) is 14.9 Å². The van der Waals surface area contributed by atoms with Crippen LogP contribution in [0.25, 0.3) is 0 Å². The number of imidazole rings is 1. The largest absolute Gasteiger partial charge is 0.387 e. The first-order valence-electron chi connectivity index (χ1n) is 7.52. The molecular formula is C17H25N3O. The molecule has 1 heterocycles. The number of hydrogen-bond acceptors (Lipinski definition) is 3. The second-order valence-electron chi connectivity index (χ2n) is 5.69. The van der Waals surface area contributed by atoms with Crippen LogP contribution in [0.1, 0.15) is 36.1 Å². The van der Waals surface area contributed by atoms with Gasteiger partial charge >= 0.3 is 0 Å². The summed E-state index contributed by atoms with van der Waals surface area (Å²) in [5.74, 6) is 0. The Balaban J connectivity index is 1.79. The highest BCUT2D eigenvalue weighted by Gasteiger charge is 2.15. The van der Waals surface area contributed by atoms with Crippen molar-refractivity contribution >= 4 is 0 Å².